The molecule has 0 heterocycles. The number of hydrogen-bond donors (Lipinski definition) is 1. The molecule has 1 N–H and O–H groups in total. The standard InChI is InChI=1S/C19H28O2/c1-13-8-9-15-6-5-7-17(19(15,3)4)18(21)12-14(2)11-16(20)10-13/h7,11,15-16,20H,1,5-6,8-10,12H2,2-4H3/b14-11-/t15-,16-/m0/s1. The molecule has 2 nitrogen and oxygen atoms in total. The Hall–Kier alpha value is -1.15. The molecule has 2 rings (SSSR count). The van der Waals surface area contributed by atoms with Gasteiger partial charge in [-0.25, -0.2) is 0 Å². The molecular weight excluding hydrogens is 260 g/mol. The summed E-state index contributed by atoms with van der Waals surface area (Å²) in [5, 5.41) is 10.1. The second kappa shape index (κ2) is 6.31. The van der Waals surface area contributed by atoms with Gasteiger partial charge in [0.1, 0.15) is 0 Å². The normalized spacial score (nSPS) is 33.3. The first-order valence-electron chi connectivity index (χ1n) is 8.06. The van der Waals surface area contributed by atoms with Crippen molar-refractivity contribution in [3.05, 3.63) is 35.5 Å². The number of Topliss-reactive ketones (excluding diaryl/α,β-unsaturated/α-hetero) is 1. The highest BCUT2D eigenvalue weighted by Crippen LogP contribution is 2.45. The van der Waals surface area contributed by atoms with Crippen LogP contribution in [0.15, 0.2) is 35.5 Å². The molecule has 0 amide bonds. The Kier molecular flexibility index (Phi) is 4.88. The Morgan fingerprint density at radius 1 is 1.33 bits per heavy atom. The number of allylic oxidation sites excluding steroid dienone is 3. The van der Waals surface area contributed by atoms with Crippen LogP contribution in [0, 0.1) is 11.3 Å². The summed E-state index contributed by atoms with van der Waals surface area (Å²) in [6.45, 7) is 10.5. The molecule has 0 unspecified atom stereocenters. The van der Waals surface area contributed by atoms with Crippen molar-refractivity contribution < 1.29 is 9.90 Å². The zero-order valence-corrected chi connectivity index (χ0v) is 13.6. The summed E-state index contributed by atoms with van der Waals surface area (Å²) in [7, 11) is 0. The zero-order chi connectivity index (χ0) is 15.6. The lowest BCUT2D eigenvalue weighted by molar-refractivity contribution is -0.116. The molecule has 0 radical (unpaired) electrons. The fourth-order valence-corrected chi connectivity index (χ4v) is 3.82. The van der Waals surface area contributed by atoms with Gasteiger partial charge in [-0.05, 0) is 55.9 Å². The van der Waals surface area contributed by atoms with E-state index in [0.717, 1.165) is 42.4 Å². The molecule has 0 fully saturated rings. The summed E-state index contributed by atoms with van der Waals surface area (Å²) in [6, 6.07) is 0. The third kappa shape index (κ3) is 3.74. The second-order valence-corrected chi connectivity index (χ2v) is 7.29. The number of aliphatic hydroxyl groups excluding tert-OH is 1. The number of aliphatic hydroxyl groups is 1. The van der Waals surface area contributed by atoms with E-state index in [2.05, 4.69) is 26.5 Å². The molecule has 2 aliphatic rings. The van der Waals surface area contributed by atoms with Crippen LogP contribution in [0.3, 0.4) is 0 Å². The molecule has 2 heteroatoms. The topological polar surface area (TPSA) is 37.3 Å². The largest absolute Gasteiger partial charge is 0.389 e. The van der Waals surface area contributed by atoms with Crippen LogP contribution >= 0.6 is 0 Å². The minimum Gasteiger partial charge on any atom is -0.389 e. The number of carbonyl (C=O) groups is 1. The molecule has 0 aromatic rings. The Bertz CT molecular complexity index is 494. The molecular formula is C19H28O2. The number of fused-ring (bicyclic) bond motifs is 2. The van der Waals surface area contributed by atoms with Crippen molar-refractivity contribution in [3.63, 3.8) is 0 Å². The molecule has 21 heavy (non-hydrogen) atoms. The second-order valence-electron chi connectivity index (χ2n) is 7.29. The Labute approximate surface area is 128 Å². The van der Waals surface area contributed by atoms with Gasteiger partial charge < -0.3 is 5.11 Å². The van der Waals surface area contributed by atoms with Gasteiger partial charge in [0.2, 0.25) is 0 Å². The van der Waals surface area contributed by atoms with Gasteiger partial charge in [0.25, 0.3) is 0 Å². The van der Waals surface area contributed by atoms with E-state index in [9.17, 15) is 9.90 Å². The quantitative estimate of drug-likeness (QED) is 0.673. The van der Waals surface area contributed by atoms with Crippen molar-refractivity contribution >= 4 is 5.78 Å². The molecule has 0 saturated carbocycles. The monoisotopic (exact) mass is 288 g/mol. The minimum absolute atomic E-state index is 0.0479. The molecule has 0 aromatic carbocycles. The molecule has 0 aliphatic heterocycles. The van der Waals surface area contributed by atoms with Crippen LogP contribution in [0.5, 0.6) is 0 Å². The number of hydrogen-bond acceptors (Lipinski definition) is 2. The van der Waals surface area contributed by atoms with E-state index in [1.807, 2.05) is 13.0 Å². The Morgan fingerprint density at radius 2 is 2.05 bits per heavy atom. The molecule has 116 valence electrons. The van der Waals surface area contributed by atoms with E-state index >= 15 is 0 Å². The fraction of sp³-hybridized carbons (Fsp3) is 0.632. The van der Waals surface area contributed by atoms with Crippen LogP contribution < -0.4 is 0 Å². The van der Waals surface area contributed by atoms with Crippen LogP contribution in [0.4, 0.5) is 0 Å². The Morgan fingerprint density at radius 3 is 2.76 bits per heavy atom. The van der Waals surface area contributed by atoms with Crippen molar-refractivity contribution in [2.75, 3.05) is 0 Å². The van der Waals surface area contributed by atoms with E-state index in [-0.39, 0.29) is 11.2 Å². The van der Waals surface area contributed by atoms with Crippen molar-refractivity contribution in [2.45, 2.75) is 65.4 Å². The van der Waals surface area contributed by atoms with Crippen LogP contribution in [0.2, 0.25) is 0 Å². The van der Waals surface area contributed by atoms with E-state index in [4.69, 9.17) is 0 Å². The SMILES string of the molecule is C=C1CC[C@@H]2CCC=C(C(=O)C/C(C)=C\[C@@H](O)C1)C2(C)C. The first kappa shape index (κ1) is 16.2. The highest BCUT2D eigenvalue weighted by molar-refractivity contribution is 5.98. The predicted octanol–water partition coefficient (Wildman–Crippen LogP) is 4.36. The lowest BCUT2D eigenvalue weighted by Crippen LogP contribution is -2.33. The van der Waals surface area contributed by atoms with Crippen LogP contribution in [0.25, 0.3) is 0 Å². The van der Waals surface area contributed by atoms with E-state index in [1.54, 1.807) is 0 Å². The van der Waals surface area contributed by atoms with E-state index < -0.39 is 6.10 Å². The van der Waals surface area contributed by atoms with Gasteiger partial charge in [0, 0.05) is 6.42 Å². The van der Waals surface area contributed by atoms with Gasteiger partial charge in [-0.2, -0.15) is 0 Å². The van der Waals surface area contributed by atoms with Gasteiger partial charge in [-0.1, -0.05) is 43.7 Å². The third-order valence-electron chi connectivity index (χ3n) is 5.14. The minimum atomic E-state index is -0.508. The summed E-state index contributed by atoms with van der Waals surface area (Å²) >= 11 is 0. The van der Waals surface area contributed by atoms with Crippen LogP contribution in [0.1, 0.15) is 59.3 Å². The lowest BCUT2D eigenvalue weighted by atomic mass is 9.64. The molecule has 2 atom stereocenters. The van der Waals surface area contributed by atoms with Crippen molar-refractivity contribution in [1.29, 1.82) is 0 Å². The fourth-order valence-electron chi connectivity index (χ4n) is 3.82. The Balaban J connectivity index is 2.34. The van der Waals surface area contributed by atoms with Crippen molar-refractivity contribution in [1.82, 2.24) is 0 Å². The summed E-state index contributed by atoms with van der Waals surface area (Å²) in [4.78, 5) is 12.6. The molecule has 2 bridgehead atoms. The van der Waals surface area contributed by atoms with Crippen molar-refractivity contribution in [2.24, 2.45) is 11.3 Å². The average Bonchev–Trinajstić information content (AvgIpc) is 2.34. The van der Waals surface area contributed by atoms with Gasteiger partial charge in [-0.3, -0.25) is 4.79 Å². The highest BCUT2D eigenvalue weighted by atomic mass is 16.3. The molecule has 0 saturated heterocycles. The summed E-state index contributed by atoms with van der Waals surface area (Å²) in [5.74, 6) is 0.754. The highest BCUT2D eigenvalue weighted by Gasteiger charge is 2.38. The smallest absolute Gasteiger partial charge is 0.163 e. The van der Waals surface area contributed by atoms with Gasteiger partial charge in [0.15, 0.2) is 5.78 Å². The van der Waals surface area contributed by atoms with Gasteiger partial charge in [0.05, 0.1) is 6.10 Å². The average molecular weight is 288 g/mol. The first-order chi connectivity index (χ1) is 9.80. The maximum Gasteiger partial charge on any atom is 0.163 e. The third-order valence-corrected chi connectivity index (χ3v) is 5.14. The van der Waals surface area contributed by atoms with Crippen LogP contribution in [-0.2, 0) is 4.79 Å². The van der Waals surface area contributed by atoms with Gasteiger partial charge >= 0.3 is 0 Å². The summed E-state index contributed by atoms with van der Waals surface area (Å²) in [6.07, 6.45) is 8.65. The summed E-state index contributed by atoms with van der Waals surface area (Å²) in [5.41, 5.74) is 3.02. The number of rotatable bonds is 0. The van der Waals surface area contributed by atoms with E-state index in [0.29, 0.717) is 18.8 Å². The molecule has 0 aromatic heterocycles. The maximum absolute atomic E-state index is 12.6. The number of ketones is 1. The number of carbonyl (C=O) groups excluding carboxylic acids is 1. The lowest BCUT2D eigenvalue weighted by Gasteiger charge is -2.40. The van der Waals surface area contributed by atoms with Crippen LogP contribution in [-0.4, -0.2) is 17.0 Å². The predicted molar refractivity (Wildman–Crippen MR) is 87.0 cm³/mol. The summed E-state index contributed by atoms with van der Waals surface area (Å²) < 4.78 is 0. The van der Waals surface area contributed by atoms with Crippen molar-refractivity contribution in [3.8, 4) is 0 Å². The zero-order valence-electron chi connectivity index (χ0n) is 13.6. The molecule has 0 spiro atoms. The maximum atomic E-state index is 12.6. The van der Waals surface area contributed by atoms with Gasteiger partial charge in [-0.15, -0.1) is 0 Å². The molecule has 2 aliphatic carbocycles. The van der Waals surface area contributed by atoms with E-state index in [1.165, 1.54) is 0 Å². The first-order valence-corrected chi connectivity index (χ1v) is 8.06.